The van der Waals surface area contributed by atoms with Crippen molar-refractivity contribution < 1.29 is 9.53 Å². The van der Waals surface area contributed by atoms with Crippen LogP contribution in [-0.4, -0.2) is 30.3 Å². The molecule has 0 heterocycles. The van der Waals surface area contributed by atoms with Gasteiger partial charge in [-0.3, -0.25) is 0 Å². The molecule has 0 saturated heterocycles. The highest BCUT2D eigenvalue weighted by Gasteiger charge is 2.32. The molecule has 2 aliphatic rings. The minimum Gasteiger partial charge on any atom is -0.444 e. The van der Waals surface area contributed by atoms with Gasteiger partial charge in [-0.25, -0.2) is 4.79 Å². The molecule has 0 bridgehead atoms. The van der Waals surface area contributed by atoms with E-state index in [0.29, 0.717) is 18.6 Å². The Morgan fingerprint density at radius 3 is 2.39 bits per heavy atom. The van der Waals surface area contributed by atoms with Crippen LogP contribution in [-0.2, 0) is 4.74 Å². The summed E-state index contributed by atoms with van der Waals surface area (Å²) >= 11 is 0. The van der Waals surface area contributed by atoms with Crippen LogP contribution in [0.3, 0.4) is 0 Å². The van der Waals surface area contributed by atoms with Crippen LogP contribution < -0.4 is 10.6 Å². The highest BCUT2D eigenvalue weighted by atomic mass is 16.6. The fraction of sp³-hybridized carbons (Fsp3) is 0.929. The van der Waals surface area contributed by atoms with Gasteiger partial charge in [0.05, 0.1) is 0 Å². The van der Waals surface area contributed by atoms with Crippen molar-refractivity contribution in [2.24, 2.45) is 5.92 Å². The summed E-state index contributed by atoms with van der Waals surface area (Å²) in [5, 5.41) is 6.54. The maximum absolute atomic E-state index is 11.6. The van der Waals surface area contributed by atoms with Crippen LogP contribution in [0.15, 0.2) is 0 Å². The lowest BCUT2D eigenvalue weighted by molar-refractivity contribution is 0.0512. The van der Waals surface area contributed by atoms with Crippen molar-refractivity contribution in [1.29, 1.82) is 0 Å². The molecular formula is C14H26N2O2. The molecule has 104 valence electrons. The van der Waals surface area contributed by atoms with E-state index in [1.807, 2.05) is 20.8 Å². The van der Waals surface area contributed by atoms with Gasteiger partial charge in [-0.2, -0.15) is 0 Å². The fourth-order valence-electron chi connectivity index (χ4n) is 2.26. The molecule has 2 aliphatic carbocycles. The van der Waals surface area contributed by atoms with E-state index in [9.17, 15) is 4.79 Å². The van der Waals surface area contributed by atoms with E-state index in [-0.39, 0.29) is 6.09 Å². The predicted octanol–water partition coefficient (Wildman–Crippen LogP) is 2.43. The first-order valence-corrected chi connectivity index (χ1v) is 7.17. The van der Waals surface area contributed by atoms with Gasteiger partial charge in [-0.15, -0.1) is 0 Å². The van der Waals surface area contributed by atoms with E-state index in [1.165, 1.54) is 32.1 Å². The van der Waals surface area contributed by atoms with E-state index in [1.54, 1.807) is 0 Å². The normalized spacial score (nSPS) is 22.2. The molecule has 0 aliphatic heterocycles. The molecule has 4 heteroatoms. The number of amides is 1. The first kappa shape index (κ1) is 13.7. The minimum absolute atomic E-state index is 0.301. The molecule has 2 fully saturated rings. The van der Waals surface area contributed by atoms with Crippen LogP contribution in [0.5, 0.6) is 0 Å². The Balaban J connectivity index is 1.72. The highest BCUT2D eigenvalue weighted by Crippen LogP contribution is 2.31. The molecule has 2 rings (SSSR count). The second kappa shape index (κ2) is 5.47. The first-order chi connectivity index (χ1) is 8.44. The summed E-state index contributed by atoms with van der Waals surface area (Å²) < 4.78 is 5.26. The van der Waals surface area contributed by atoms with Crippen molar-refractivity contribution in [3.63, 3.8) is 0 Å². The second-order valence-corrected chi connectivity index (χ2v) is 6.62. The summed E-state index contributed by atoms with van der Waals surface area (Å²) in [5.74, 6) is 0.737. The monoisotopic (exact) mass is 254 g/mol. The standard InChI is InChI=1S/C14H26N2O2/c1-14(2,3)18-13(17)15-9-12(10-5-4-6-10)16-11-7-8-11/h10-12,16H,4-9H2,1-3H3,(H,15,17). The highest BCUT2D eigenvalue weighted by molar-refractivity contribution is 5.67. The Bertz CT molecular complexity index is 291. The lowest BCUT2D eigenvalue weighted by Gasteiger charge is -2.34. The van der Waals surface area contributed by atoms with Crippen molar-refractivity contribution in [3.05, 3.63) is 0 Å². The molecule has 0 aromatic heterocycles. The number of carbonyl (C=O) groups excluding carboxylic acids is 1. The molecule has 2 N–H and O–H groups in total. The molecule has 0 aromatic carbocycles. The molecule has 1 amide bonds. The van der Waals surface area contributed by atoms with Gasteiger partial charge in [-0.1, -0.05) is 6.42 Å². The number of ether oxygens (including phenoxy) is 1. The molecule has 1 atom stereocenters. The number of rotatable bonds is 5. The smallest absolute Gasteiger partial charge is 0.407 e. The third-order valence-electron chi connectivity index (χ3n) is 3.61. The van der Waals surface area contributed by atoms with Crippen LogP contribution in [0.2, 0.25) is 0 Å². The summed E-state index contributed by atoms with van der Waals surface area (Å²) in [6, 6.07) is 1.12. The molecule has 0 spiro atoms. The number of carbonyl (C=O) groups is 1. The molecule has 2 saturated carbocycles. The summed E-state index contributed by atoms with van der Waals surface area (Å²) in [7, 11) is 0. The van der Waals surface area contributed by atoms with E-state index in [4.69, 9.17) is 4.74 Å². The van der Waals surface area contributed by atoms with E-state index in [0.717, 1.165) is 5.92 Å². The van der Waals surface area contributed by atoms with Crippen molar-refractivity contribution >= 4 is 6.09 Å². The van der Waals surface area contributed by atoms with E-state index >= 15 is 0 Å². The number of nitrogens with one attached hydrogen (secondary N) is 2. The zero-order chi connectivity index (χ0) is 13.2. The summed E-state index contributed by atoms with van der Waals surface area (Å²) in [5.41, 5.74) is -0.417. The third kappa shape index (κ3) is 4.48. The van der Waals surface area contributed by atoms with Crippen molar-refractivity contribution in [3.8, 4) is 0 Å². The Labute approximate surface area is 110 Å². The number of hydrogen-bond donors (Lipinski definition) is 2. The molecular weight excluding hydrogens is 228 g/mol. The summed E-state index contributed by atoms with van der Waals surface area (Å²) in [6.07, 6.45) is 6.19. The van der Waals surface area contributed by atoms with Crippen molar-refractivity contribution in [1.82, 2.24) is 10.6 Å². The maximum Gasteiger partial charge on any atom is 0.407 e. The fourth-order valence-corrected chi connectivity index (χ4v) is 2.26. The Kier molecular flexibility index (Phi) is 4.15. The topological polar surface area (TPSA) is 50.4 Å². The van der Waals surface area contributed by atoms with Gasteiger partial charge >= 0.3 is 6.09 Å². The van der Waals surface area contributed by atoms with Gasteiger partial charge in [-0.05, 0) is 52.4 Å². The van der Waals surface area contributed by atoms with Crippen molar-refractivity contribution in [2.45, 2.75) is 70.6 Å². The van der Waals surface area contributed by atoms with Crippen LogP contribution in [0.25, 0.3) is 0 Å². The number of hydrogen-bond acceptors (Lipinski definition) is 3. The van der Waals surface area contributed by atoms with E-state index < -0.39 is 5.60 Å². The average molecular weight is 254 g/mol. The van der Waals surface area contributed by atoms with Gasteiger partial charge in [0.2, 0.25) is 0 Å². The van der Waals surface area contributed by atoms with Crippen molar-refractivity contribution in [2.75, 3.05) is 6.54 Å². The SMILES string of the molecule is CC(C)(C)OC(=O)NCC(NC1CC1)C1CCC1. The Morgan fingerprint density at radius 1 is 1.28 bits per heavy atom. The zero-order valence-corrected chi connectivity index (χ0v) is 11.8. The van der Waals surface area contributed by atoms with Gasteiger partial charge in [0.15, 0.2) is 0 Å². The van der Waals surface area contributed by atoms with Crippen LogP contribution in [0.4, 0.5) is 4.79 Å². The quantitative estimate of drug-likeness (QED) is 0.792. The van der Waals surface area contributed by atoms with Gasteiger partial charge < -0.3 is 15.4 Å². The lowest BCUT2D eigenvalue weighted by atomic mass is 9.79. The summed E-state index contributed by atoms with van der Waals surface area (Å²) in [4.78, 5) is 11.6. The van der Waals surface area contributed by atoms with Crippen LogP contribution in [0.1, 0.15) is 52.9 Å². The third-order valence-corrected chi connectivity index (χ3v) is 3.61. The minimum atomic E-state index is -0.417. The molecule has 1 unspecified atom stereocenters. The van der Waals surface area contributed by atoms with E-state index in [2.05, 4.69) is 10.6 Å². The Morgan fingerprint density at radius 2 is 1.94 bits per heavy atom. The van der Waals surface area contributed by atoms with Gasteiger partial charge in [0, 0.05) is 18.6 Å². The average Bonchev–Trinajstić information content (AvgIpc) is 2.92. The van der Waals surface area contributed by atoms with Gasteiger partial charge in [0.25, 0.3) is 0 Å². The van der Waals surface area contributed by atoms with Gasteiger partial charge in [0.1, 0.15) is 5.60 Å². The zero-order valence-electron chi connectivity index (χ0n) is 11.8. The lowest BCUT2D eigenvalue weighted by Crippen LogP contribution is -2.49. The Hall–Kier alpha value is -0.770. The molecule has 18 heavy (non-hydrogen) atoms. The molecule has 4 nitrogen and oxygen atoms in total. The van der Waals surface area contributed by atoms with Crippen LogP contribution >= 0.6 is 0 Å². The maximum atomic E-state index is 11.6. The predicted molar refractivity (Wildman–Crippen MR) is 71.5 cm³/mol. The molecule has 0 radical (unpaired) electrons. The first-order valence-electron chi connectivity index (χ1n) is 7.17. The number of alkyl carbamates (subject to hydrolysis) is 1. The largest absolute Gasteiger partial charge is 0.444 e. The second-order valence-electron chi connectivity index (χ2n) is 6.62. The summed E-state index contributed by atoms with van der Waals surface area (Å²) in [6.45, 7) is 6.35. The van der Waals surface area contributed by atoms with Crippen LogP contribution in [0, 0.1) is 5.92 Å². The molecule has 0 aromatic rings.